The van der Waals surface area contributed by atoms with Crippen LogP contribution in [0.3, 0.4) is 0 Å². The summed E-state index contributed by atoms with van der Waals surface area (Å²) in [7, 11) is 2.97. The molecule has 1 amide bonds. The molecule has 0 aliphatic heterocycles. The van der Waals surface area contributed by atoms with Crippen LogP contribution in [-0.4, -0.2) is 30.1 Å². The number of benzene rings is 2. The van der Waals surface area contributed by atoms with Gasteiger partial charge in [0.2, 0.25) is 0 Å². The van der Waals surface area contributed by atoms with Gasteiger partial charge in [-0.3, -0.25) is 14.7 Å². The van der Waals surface area contributed by atoms with E-state index in [-0.39, 0.29) is 22.8 Å². The summed E-state index contributed by atoms with van der Waals surface area (Å²) in [4.78, 5) is 23.4. The van der Waals surface area contributed by atoms with Crippen molar-refractivity contribution in [2.75, 3.05) is 19.1 Å². The van der Waals surface area contributed by atoms with Crippen molar-refractivity contribution in [1.29, 1.82) is 0 Å². The summed E-state index contributed by atoms with van der Waals surface area (Å²) in [5.74, 6) is -1.02. The Kier molecular flexibility index (Phi) is 5.77. The number of pyridine rings is 1. The molecule has 158 valence electrons. The quantitative estimate of drug-likeness (QED) is 0.429. The number of nitrogens with zero attached hydrogens (tertiary/aromatic N) is 3. The first-order valence-electron chi connectivity index (χ1n) is 9.19. The lowest BCUT2D eigenvalue weighted by molar-refractivity contribution is 0.0984. The normalized spacial score (nSPS) is 10.8. The van der Waals surface area contributed by atoms with Crippen LogP contribution < -0.4 is 14.4 Å². The maximum absolute atomic E-state index is 14.2. The van der Waals surface area contributed by atoms with E-state index in [0.717, 1.165) is 17.4 Å². The number of hydrogen-bond donors (Lipinski definition) is 0. The number of anilines is 1. The van der Waals surface area contributed by atoms with Crippen molar-refractivity contribution in [2.45, 2.75) is 6.54 Å². The lowest BCUT2D eigenvalue weighted by atomic mass is 10.1. The molecule has 0 saturated heterocycles. The standard InChI is InChI=1S/C22H17F2N3O3S/c1-29-16-7-13(8-17(11-16)30-2)21(28)27(12-15-5-3-4-6-25-15)22-26-20-18(24)9-14(23)10-19(20)31-22/h3-11H,12H2,1-2H3. The summed E-state index contributed by atoms with van der Waals surface area (Å²) in [5.41, 5.74) is 0.901. The van der Waals surface area contributed by atoms with Gasteiger partial charge in [0.25, 0.3) is 5.91 Å². The summed E-state index contributed by atoms with van der Waals surface area (Å²) in [6.45, 7) is 0.0864. The molecule has 0 saturated carbocycles. The van der Waals surface area contributed by atoms with Crippen LogP contribution in [0, 0.1) is 11.6 Å². The molecule has 4 aromatic rings. The highest BCUT2D eigenvalue weighted by molar-refractivity contribution is 7.22. The van der Waals surface area contributed by atoms with Gasteiger partial charge in [0.15, 0.2) is 10.9 Å². The van der Waals surface area contributed by atoms with Gasteiger partial charge < -0.3 is 9.47 Å². The third kappa shape index (κ3) is 4.31. The third-order valence-corrected chi connectivity index (χ3v) is 5.55. The molecular formula is C22H17F2N3O3S. The number of aromatic nitrogens is 2. The van der Waals surface area contributed by atoms with Gasteiger partial charge in [-0.2, -0.15) is 0 Å². The van der Waals surface area contributed by atoms with E-state index in [1.54, 1.807) is 42.6 Å². The molecule has 0 spiro atoms. The van der Waals surface area contributed by atoms with Crippen molar-refractivity contribution >= 4 is 32.6 Å². The molecule has 0 radical (unpaired) electrons. The minimum Gasteiger partial charge on any atom is -0.497 e. The highest BCUT2D eigenvalue weighted by atomic mass is 32.1. The monoisotopic (exact) mass is 441 g/mol. The second kappa shape index (κ2) is 8.65. The average molecular weight is 441 g/mol. The summed E-state index contributed by atoms with van der Waals surface area (Å²) < 4.78 is 38.7. The van der Waals surface area contributed by atoms with E-state index in [1.807, 2.05) is 0 Å². The Labute approximate surface area is 180 Å². The molecule has 0 bridgehead atoms. The van der Waals surface area contributed by atoms with E-state index in [4.69, 9.17) is 9.47 Å². The summed E-state index contributed by atoms with van der Waals surface area (Å²) in [6.07, 6.45) is 1.61. The largest absolute Gasteiger partial charge is 0.497 e. The molecule has 6 nitrogen and oxygen atoms in total. The number of thiazole rings is 1. The maximum atomic E-state index is 14.2. The summed E-state index contributed by atoms with van der Waals surface area (Å²) in [5, 5.41) is 0.219. The fourth-order valence-corrected chi connectivity index (χ4v) is 4.03. The molecule has 2 aromatic heterocycles. The zero-order chi connectivity index (χ0) is 22.0. The topological polar surface area (TPSA) is 64.6 Å². The highest BCUT2D eigenvalue weighted by Gasteiger charge is 2.24. The van der Waals surface area contributed by atoms with Crippen LogP contribution >= 0.6 is 11.3 Å². The van der Waals surface area contributed by atoms with Crippen LogP contribution in [0.25, 0.3) is 10.2 Å². The number of halogens is 2. The first-order valence-corrected chi connectivity index (χ1v) is 10.0. The zero-order valence-electron chi connectivity index (χ0n) is 16.6. The fraction of sp³-hybridized carbons (Fsp3) is 0.136. The molecule has 2 aromatic carbocycles. The number of amides is 1. The summed E-state index contributed by atoms with van der Waals surface area (Å²) in [6, 6.07) is 12.1. The molecule has 0 unspecified atom stereocenters. The minimum atomic E-state index is -0.786. The number of hydrogen-bond acceptors (Lipinski definition) is 6. The van der Waals surface area contributed by atoms with Crippen molar-refractivity contribution in [3.8, 4) is 11.5 Å². The van der Waals surface area contributed by atoms with Gasteiger partial charge >= 0.3 is 0 Å². The number of carbonyl (C=O) groups is 1. The Morgan fingerprint density at radius 1 is 1.06 bits per heavy atom. The van der Waals surface area contributed by atoms with Crippen LogP contribution in [0.15, 0.2) is 54.7 Å². The lowest BCUT2D eigenvalue weighted by Gasteiger charge is -2.20. The van der Waals surface area contributed by atoms with Crippen LogP contribution in [0.5, 0.6) is 11.5 Å². The van der Waals surface area contributed by atoms with Crippen LogP contribution in [0.1, 0.15) is 16.1 Å². The smallest absolute Gasteiger partial charge is 0.260 e. The molecule has 2 heterocycles. The summed E-state index contributed by atoms with van der Waals surface area (Å²) >= 11 is 1.02. The van der Waals surface area contributed by atoms with Gasteiger partial charge in [0.1, 0.15) is 22.8 Å². The van der Waals surface area contributed by atoms with Crippen molar-refractivity contribution in [2.24, 2.45) is 0 Å². The molecule has 0 atom stereocenters. The van der Waals surface area contributed by atoms with Crippen LogP contribution in [0.2, 0.25) is 0 Å². The average Bonchev–Trinajstić information content (AvgIpc) is 3.21. The zero-order valence-corrected chi connectivity index (χ0v) is 17.5. The molecule has 0 aliphatic rings. The Bertz CT molecular complexity index is 1230. The molecule has 0 fully saturated rings. The maximum Gasteiger partial charge on any atom is 0.260 e. The fourth-order valence-electron chi connectivity index (χ4n) is 3.03. The van der Waals surface area contributed by atoms with Crippen molar-refractivity contribution in [3.05, 3.63) is 77.6 Å². The van der Waals surface area contributed by atoms with Gasteiger partial charge in [-0.25, -0.2) is 13.8 Å². The first-order chi connectivity index (χ1) is 15.0. The van der Waals surface area contributed by atoms with E-state index in [2.05, 4.69) is 9.97 Å². The van der Waals surface area contributed by atoms with Crippen LogP contribution in [0.4, 0.5) is 13.9 Å². The number of ether oxygens (including phenoxy) is 2. The number of carbonyl (C=O) groups excluding carboxylic acids is 1. The van der Waals surface area contributed by atoms with Gasteiger partial charge in [-0.15, -0.1) is 0 Å². The molecule has 9 heteroatoms. The molecular weight excluding hydrogens is 424 g/mol. The first kappa shape index (κ1) is 20.7. The van der Waals surface area contributed by atoms with Crippen molar-refractivity contribution < 1.29 is 23.0 Å². The SMILES string of the molecule is COc1cc(OC)cc(C(=O)N(Cc2ccccn2)c2nc3c(F)cc(F)cc3s2)c1. The lowest BCUT2D eigenvalue weighted by Crippen LogP contribution is -2.30. The van der Waals surface area contributed by atoms with E-state index in [1.165, 1.54) is 25.2 Å². The number of methoxy groups -OCH3 is 2. The Morgan fingerprint density at radius 2 is 1.81 bits per heavy atom. The predicted octanol–water partition coefficient (Wildman–Crippen LogP) is 4.83. The van der Waals surface area contributed by atoms with Gasteiger partial charge in [0.05, 0.1) is 31.2 Å². The van der Waals surface area contributed by atoms with Gasteiger partial charge in [0, 0.05) is 23.9 Å². The van der Waals surface area contributed by atoms with Gasteiger partial charge in [-0.05, 0) is 30.3 Å². The highest BCUT2D eigenvalue weighted by Crippen LogP contribution is 2.33. The second-order valence-electron chi connectivity index (χ2n) is 6.54. The number of fused-ring (bicyclic) bond motifs is 1. The van der Waals surface area contributed by atoms with E-state index in [9.17, 15) is 13.6 Å². The number of rotatable bonds is 6. The molecule has 0 N–H and O–H groups in total. The van der Waals surface area contributed by atoms with Crippen molar-refractivity contribution in [3.63, 3.8) is 0 Å². The second-order valence-corrected chi connectivity index (χ2v) is 7.55. The Morgan fingerprint density at radius 3 is 2.45 bits per heavy atom. The van der Waals surface area contributed by atoms with Crippen LogP contribution in [-0.2, 0) is 6.54 Å². The van der Waals surface area contributed by atoms with Crippen molar-refractivity contribution in [1.82, 2.24) is 9.97 Å². The van der Waals surface area contributed by atoms with E-state index in [0.29, 0.717) is 21.9 Å². The minimum absolute atomic E-state index is 0.00319. The van der Waals surface area contributed by atoms with E-state index < -0.39 is 17.5 Å². The molecule has 31 heavy (non-hydrogen) atoms. The predicted molar refractivity (Wildman–Crippen MR) is 114 cm³/mol. The molecule has 4 rings (SSSR count). The molecule has 0 aliphatic carbocycles. The Hall–Kier alpha value is -3.59. The van der Waals surface area contributed by atoms with Gasteiger partial charge in [-0.1, -0.05) is 17.4 Å². The Balaban J connectivity index is 1.82. The van der Waals surface area contributed by atoms with E-state index >= 15 is 0 Å². The third-order valence-electron chi connectivity index (χ3n) is 4.52.